The van der Waals surface area contributed by atoms with Gasteiger partial charge in [0.2, 0.25) is 0 Å². The van der Waals surface area contributed by atoms with Gasteiger partial charge in [0.1, 0.15) is 0 Å². The summed E-state index contributed by atoms with van der Waals surface area (Å²) in [5.74, 6) is -1.70. The maximum Gasteiger partial charge on any atom is 0.371 e. The molecule has 0 aromatic carbocycles. The van der Waals surface area contributed by atoms with E-state index in [9.17, 15) is 10.1 Å². The van der Waals surface area contributed by atoms with E-state index in [1.54, 1.807) is 0 Å². The van der Waals surface area contributed by atoms with Gasteiger partial charge in [0.05, 0.1) is 4.92 Å². The van der Waals surface area contributed by atoms with Crippen molar-refractivity contribution in [1.82, 2.24) is 0 Å². The number of aliphatic imine (C=N–C) groups is 1. The number of rotatable bonds is 3. The normalized spacial score (nSPS) is 12.8. The van der Waals surface area contributed by atoms with Gasteiger partial charge >= 0.3 is 5.70 Å². The summed E-state index contributed by atoms with van der Waals surface area (Å²) < 4.78 is 0. The van der Waals surface area contributed by atoms with Crippen LogP contribution in [0.25, 0.3) is 0 Å². The van der Waals surface area contributed by atoms with Gasteiger partial charge in [-0.25, -0.2) is 4.99 Å². The molecule has 0 radical (unpaired) electrons. The molecule has 12 heavy (non-hydrogen) atoms. The molecule has 0 amide bonds. The van der Waals surface area contributed by atoms with Crippen molar-refractivity contribution in [3.05, 3.63) is 34.0 Å². The van der Waals surface area contributed by atoms with Crippen LogP contribution < -0.4 is 0 Å². The van der Waals surface area contributed by atoms with Gasteiger partial charge in [-0.3, -0.25) is 10.1 Å². The maximum atomic E-state index is 10.2. The minimum absolute atomic E-state index is 0.830. The van der Waals surface area contributed by atoms with Gasteiger partial charge in [-0.1, -0.05) is 0 Å². The van der Waals surface area contributed by atoms with E-state index in [2.05, 4.69) is 11.6 Å². The van der Waals surface area contributed by atoms with Gasteiger partial charge in [-0.2, -0.15) is 0 Å². The molecule has 0 unspecified atom stereocenters. The summed E-state index contributed by atoms with van der Waals surface area (Å²) in [7, 11) is 0. The first kappa shape index (κ1) is 10.2. The molecule has 6 nitrogen and oxygen atoms in total. The summed E-state index contributed by atoms with van der Waals surface area (Å²) in [6.45, 7) is 4.37. The molecule has 0 saturated heterocycles. The first-order chi connectivity index (χ1) is 5.50. The van der Waals surface area contributed by atoms with Crippen LogP contribution in [-0.2, 0) is 0 Å². The molecule has 66 valence electrons. The lowest BCUT2D eigenvalue weighted by Crippen LogP contribution is -2.04. The molecule has 0 fully saturated rings. The van der Waals surface area contributed by atoms with E-state index in [1.807, 2.05) is 0 Å². The Morgan fingerprint density at radius 3 is 2.42 bits per heavy atom. The maximum absolute atomic E-state index is 10.2. The minimum atomic E-state index is -0.968. The van der Waals surface area contributed by atoms with E-state index in [0.29, 0.717) is 0 Å². The van der Waals surface area contributed by atoms with Gasteiger partial charge in [-0.05, 0) is 13.5 Å². The zero-order valence-corrected chi connectivity index (χ0v) is 6.39. The standard InChI is InChI=1S/C6H8N2O4/c1-3-7-6(10)5(4(2)9)8(11)12/h3,9-10H,2H2,1H3/b6-5-,7-3?. The average Bonchev–Trinajstić information content (AvgIpc) is 1.85. The lowest BCUT2D eigenvalue weighted by atomic mass is 10.4. The molecule has 0 atom stereocenters. The van der Waals surface area contributed by atoms with Crippen LogP contribution in [0.2, 0.25) is 0 Å². The smallest absolute Gasteiger partial charge is 0.371 e. The molecule has 0 aliphatic rings. The second-order valence-corrected chi connectivity index (χ2v) is 1.76. The number of hydrogen-bond donors (Lipinski definition) is 2. The number of aliphatic hydroxyl groups is 2. The second-order valence-electron chi connectivity index (χ2n) is 1.76. The van der Waals surface area contributed by atoms with E-state index in [0.717, 1.165) is 6.21 Å². The van der Waals surface area contributed by atoms with Crippen molar-refractivity contribution in [2.45, 2.75) is 6.92 Å². The first-order valence-electron chi connectivity index (χ1n) is 2.95. The van der Waals surface area contributed by atoms with Gasteiger partial charge in [-0.15, -0.1) is 0 Å². The molecule has 0 aromatic heterocycles. The highest BCUT2D eigenvalue weighted by atomic mass is 16.6. The highest BCUT2D eigenvalue weighted by molar-refractivity contribution is 5.55. The second kappa shape index (κ2) is 4.12. The SMILES string of the molecule is C=C(O)/C(=C(/O)N=CC)[N+](=O)[O-]. The van der Waals surface area contributed by atoms with Crippen LogP contribution in [0, 0.1) is 10.1 Å². The van der Waals surface area contributed by atoms with Crippen LogP contribution in [0.4, 0.5) is 0 Å². The van der Waals surface area contributed by atoms with E-state index in [1.165, 1.54) is 6.92 Å². The minimum Gasteiger partial charge on any atom is -0.502 e. The molecule has 0 rings (SSSR count). The zero-order valence-electron chi connectivity index (χ0n) is 6.39. The Kier molecular flexibility index (Phi) is 3.48. The molecule has 0 saturated carbocycles. The predicted molar refractivity (Wildman–Crippen MR) is 42.6 cm³/mol. The van der Waals surface area contributed by atoms with Gasteiger partial charge in [0.25, 0.3) is 5.88 Å². The Morgan fingerprint density at radius 2 is 2.17 bits per heavy atom. The lowest BCUT2D eigenvalue weighted by molar-refractivity contribution is -0.426. The number of hydrogen-bond acceptors (Lipinski definition) is 5. The fourth-order valence-corrected chi connectivity index (χ4v) is 0.500. The van der Waals surface area contributed by atoms with Gasteiger partial charge in [0.15, 0.2) is 5.76 Å². The van der Waals surface area contributed by atoms with Crippen molar-refractivity contribution < 1.29 is 15.1 Å². The third-order valence-electron chi connectivity index (χ3n) is 0.919. The Labute approximate surface area is 68.3 Å². The Morgan fingerprint density at radius 1 is 1.67 bits per heavy atom. The number of nitrogens with zero attached hydrogens (tertiary/aromatic N) is 2. The van der Waals surface area contributed by atoms with Gasteiger partial charge < -0.3 is 10.2 Å². The summed E-state index contributed by atoms with van der Waals surface area (Å²) in [6, 6.07) is 0. The summed E-state index contributed by atoms with van der Waals surface area (Å²) in [5, 5.41) is 27.7. The highest BCUT2D eigenvalue weighted by Crippen LogP contribution is 2.10. The Bertz CT molecular complexity index is 251. The highest BCUT2D eigenvalue weighted by Gasteiger charge is 2.21. The van der Waals surface area contributed by atoms with Crippen LogP contribution in [0.3, 0.4) is 0 Å². The predicted octanol–water partition coefficient (Wildman–Crippen LogP) is 1.15. The third kappa shape index (κ3) is 2.41. The van der Waals surface area contributed by atoms with E-state index in [-0.39, 0.29) is 0 Å². The molecule has 0 bridgehead atoms. The van der Waals surface area contributed by atoms with Crippen LogP contribution in [0.5, 0.6) is 0 Å². The molecule has 0 aliphatic heterocycles. The molecule has 0 aliphatic carbocycles. The topological polar surface area (TPSA) is 96.0 Å². The quantitative estimate of drug-likeness (QED) is 0.219. The van der Waals surface area contributed by atoms with Gasteiger partial charge in [0, 0.05) is 6.21 Å². The fraction of sp³-hybridized carbons (Fsp3) is 0.167. The van der Waals surface area contributed by atoms with Crippen LogP contribution in [0.15, 0.2) is 28.9 Å². The molecule has 0 heterocycles. The molecule has 2 N–H and O–H groups in total. The third-order valence-corrected chi connectivity index (χ3v) is 0.919. The Hall–Kier alpha value is -1.85. The van der Waals surface area contributed by atoms with Crippen LogP contribution in [-0.4, -0.2) is 21.4 Å². The first-order valence-corrected chi connectivity index (χ1v) is 2.95. The van der Waals surface area contributed by atoms with Crippen LogP contribution in [0.1, 0.15) is 6.92 Å². The van der Waals surface area contributed by atoms with Crippen molar-refractivity contribution in [2.24, 2.45) is 4.99 Å². The van der Waals surface area contributed by atoms with E-state index in [4.69, 9.17) is 10.2 Å². The zero-order chi connectivity index (χ0) is 9.72. The summed E-state index contributed by atoms with van der Waals surface area (Å²) in [4.78, 5) is 12.4. The summed E-state index contributed by atoms with van der Waals surface area (Å²) in [5.41, 5.74) is -0.895. The van der Waals surface area contributed by atoms with Crippen molar-refractivity contribution in [1.29, 1.82) is 0 Å². The Balaban J connectivity index is 5.07. The number of nitro groups is 1. The largest absolute Gasteiger partial charge is 0.502 e. The number of aliphatic hydroxyl groups excluding tert-OH is 2. The lowest BCUT2D eigenvalue weighted by Gasteiger charge is -1.95. The monoisotopic (exact) mass is 172 g/mol. The molecule has 0 spiro atoms. The van der Waals surface area contributed by atoms with E-state index < -0.39 is 22.3 Å². The fourth-order valence-electron chi connectivity index (χ4n) is 0.500. The van der Waals surface area contributed by atoms with Crippen LogP contribution >= 0.6 is 0 Å². The molecular formula is C6H8N2O4. The summed E-state index contributed by atoms with van der Waals surface area (Å²) in [6.07, 6.45) is 1.15. The average molecular weight is 172 g/mol. The molecule has 0 aromatic rings. The molecular weight excluding hydrogens is 164 g/mol. The van der Waals surface area contributed by atoms with Crippen molar-refractivity contribution in [3.8, 4) is 0 Å². The van der Waals surface area contributed by atoms with E-state index >= 15 is 0 Å². The molecule has 6 heteroatoms. The summed E-state index contributed by atoms with van der Waals surface area (Å²) >= 11 is 0. The van der Waals surface area contributed by atoms with Crippen molar-refractivity contribution >= 4 is 6.21 Å². The van der Waals surface area contributed by atoms with Crippen molar-refractivity contribution in [3.63, 3.8) is 0 Å². The van der Waals surface area contributed by atoms with Crippen molar-refractivity contribution in [2.75, 3.05) is 0 Å².